The zero-order valence-electron chi connectivity index (χ0n) is 10.9. The molecule has 120 valence electrons. The molecule has 1 saturated carbocycles. The van der Waals surface area contributed by atoms with E-state index in [1.807, 2.05) is 0 Å². The predicted molar refractivity (Wildman–Crippen MR) is 78.3 cm³/mol. The van der Waals surface area contributed by atoms with E-state index in [4.69, 9.17) is 5.73 Å². The molecule has 0 radical (unpaired) electrons. The maximum atomic E-state index is 12.2. The van der Waals surface area contributed by atoms with Crippen molar-refractivity contribution in [1.82, 2.24) is 4.98 Å². The Balaban J connectivity index is 0.00000176. The second kappa shape index (κ2) is 5.56. The van der Waals surface area contributed by atoms with E-state index in [1.54, 1.807) is 0 Å². The quantitative estimate of drug-likeness (QED) is 0.889. The standard InChI is InChI=1S/C12H10F3N3O2S.ClH/c13-12(14,15)20-6-1-2-7-8(5-6)21-10(17-7)18-9(19)11(16)3-4-11;/h1-2,5H,3-4,16H2,(H,17,18,19);1H. The summed E-state index contributed by atoms with van der Waals surface area (Å²) in [4.78, 5) is 15.9. The summed E-state index contributed by atoms with van der Waals surface area (Å²) in [5.74, 6) is -0.651. The minimum absolute atomic E-state index is 0. The van der Waals surface area contributed by atoms with Gasteiger partial charge in [-0.15, -0.1) is 25.6 Å². The fraction of sp³-hybridized carbons (Fsp3) is 0.333. The van der Waals surface area contributed by atoms with E-state index < -0.39 is 11.9 Å². The van der Waals surface area contributed by atoms with Gasteiger partial charge in [-0.3, -0.25) is 4.79 Å². The van der Waals surface area contributed by atoms with Crippen LogP contribution in [-0.2, 0) is 4.79 Å². The number of nitrogens with zero attached hydrogens (tertiary/aromatic N) is 1. The van der Waals surface area contributed by atoms with Crippen molar-refractivity contribution in [3.8, 4) is 5.75 Å². The molecule has 2 aromatic rings. The highest BCUT2D eigenvalue weighted by Crippen LogP contribution is 2.35. The Morgan fingerprint density at radius 3 is 2.68 bits per heavy atom. The first-order valence-electron chi connectivity index (χ1n) is 6.02. The number of amides is 1. The highest BCUT2D eigenvalue weighted by atomic mass is 35.5. The van der Waals surface area contributed by atoms with Crippen LogP contribution in [-0.4, -0.2) is 22.8 Å². The Kier molecular flexibility index (Phi) is 4.24. The lowest BCUT2D eigenvalue weighted by Gasteiger charge is -2.07. The van der Waals surface area contributed by atoms with E-state index in [-0.39, 0.29) is 24.1 Å². The van der Waals surface area contributed by atoms with Gasteiger partial charge in [0.1, 0.15) is 5.75 Å². The van der Waals surface area contributed by atoms with Crippen molar-refractivity contribution in [2.45, 2.75) is 24.7 Å². The summed E-state index contributed by atoms with van der Waals surface area (Å²) in [6, 6.07) is 3.80. The molecule has 1 aliphatic carbocycles. The molecular weight excluding hydrogens is 343 g/mol. The van der Waals surface area contributed by atoms with E-state index in [0.29, 0.717) is 28.2 Å². The number of thiazole rings is 1. The number of carbonyl (C=O) groups excluding carboxylic acids is 1. The maximum Gasteiger partial charge on any atom is 0.573 e. The van der Waals surface area contributed by atoms with E-state index in [2.05, 4.69) is 15.0 Å². The average Bonchev–Trinajstić information content (AvgIpc) is 2.98. The topological polar surface area (TPSA) is 77.2 Å². The fourth-order valence-corrected chi connectivity index (χ4v) is 2.63. The Hall–Kier alpha value is -1.58. The molecule has 0 bridgehead atoms. The molecular formula is C12H11ClF3N3O2S. The molecule has 0 saturated heterocycles. The van der Waals surface area contributed by atoms with Crippen LogP contribution in [0, 0.1) is 0 Å². The van der Waals surface area contributed by atoms with Gasteiger partial charge in [-0.25, -0.2) is 4.98 Å². The third-order valence-corrected chi connectivity index (χ3v) is 3.99. The third-order valence-electron chi connectivity index (χ3n) is 3.05. The van der Waals surface area contributed by atoms with Gasteiger partial charge < -0.3 is 15.8 Å². The van der Waals surface area contributed by atoms with Crippen molar-refractivity contribution in [1.29, 1.82) is 0 Å². The molecule has 0 aliphatic heterocycles. The molecule has 1 aromatic carbocycles. The first-order chi connectivity index (χ1) is 9.75. The summed E-state index contributed by atoms with van der Waals surface area (Å²) in [5, 5.41) is 2.88. The van der Waals surface area contributed by atoms with Gasteiger partial charge in [-0.1, -0.05) is 11.3 Å². The summed E-state index contributed by atoms with van der Waals surface area (Å²) in [6.07, 6.45) is -3.51. The number of rotatable bonds is 3. The van der Waals surface area contributed by atoms with Gasteiger partial charge in [0.15, 0.2) is 5.13 Å². The molecule has 1 amide bonds. The van der Waals surface area contributed by atoms with Crippen LogP contribution in [0.1, 0.15) is 12.8 Å². The molecule has 0 atom stereocenters. The molecule has 3 N–H and O–H groups in total. The van der Waals surface area contributed by atoms with E-state index in [1.165, 1.54) is 18.2 Å². The maximum absolute atomic E-state index is 12.2. The fourth-order valence-electron chi connectivity index (χ4n) is 1.74. The van der Waals surface area contributed by atoms with Crippen LogP contribution in [0.5, 0.6) is 5.75 Å². The summed E-state index contributed by atoms with van der Waals surface area (Å²) in [7, 11) is 0. The number of benzene rings is 1. The number of aromatic nitrogens is 1. The van der Waals surface area contributed by atoms with Crippen LogP contribution in [0.3, 0.4) is 0 Å². The van der Waals surface area contributed by atoms with Crippen molar-refractivity contribution in [2.24, 2.45) is 5.73 Å². The van der Waals surface area contributed by atoms with Crippen LogP contribution in [0.2, 0.25) is 0 Å². The number of carbonyl (C=O) groups is 1. The van der Waals surface area contributed by atoms with Crippen LogP contribution >= 0.6 is 23.7 Å². The van der Waals surface area contributed by atoms with Crippen molar-refractivity contribution in [2.75, 3.05) is 5.32 Å². The largest absolute Gasteiger partial charge is 0.573 e. The van der Waals surface area contributed by atoms with Gasteiger partial charge >= 0.3 is 6.36 Å². The number of fused-ring (bicyclic) bond motifs is 1. The number of nitrogens with one attached hydrogen (secondary N) is 1. The lowest BCUT2D eigenvalue weighted by atomic mass is 10.3. The molecule has 1 aromatic heterocycles. The summed E-state index contributed by atoms with van der Waals surface area (Å²) >= 11 is 1.06. The predicted octanol–water partition coefficient (Wildman–Crippen LogP) is 3.05. The van der Waals surface area contributed by atoms with Gasteiger partial charge in [-0.2, -0.15) is 0 Å². The molecule has 22 heavy (non-hydrogen) atoms. The monoisotopic (exact) mass is 353 g/mol. The minimum atomic E-state index is -4.74. The number of anilines is 1. The number of hydrogen-bond donors (Lipinski definition) is 2. The second-order valence-electron chi connectivity index (χ2n) is 4.81. The first-order valence-corrected chi connectivity index (χ1v) is 6.84. The van der Waals surface area contributed by atoms with Crippen molar-refractivity contribution in [3.63, 3.8) is 0 Å². The molecule has 1 fully saturated rings. The third kappa shape index (κ3) is 3.60. The smallest absolute Gasteiger partial charge is 0.406 e. The molecule has 1 aliphatic rings. The second-order valence-corrected chi connectivity index (χ2v) is 5.84. The van der Waals surface area contributed by atoms with Gasteiger partial charge in [0.05, 0.1) is 15.8 Å². The summed E-state index contributed by atoms with van der Waals surface area (Å²) < 4.78 is 40.8. The first kappa shape index (κ1) is 16.8. The summed E-state index contributed by atoms with van der Waals surface area (Å²) in [5.41, 5.74) is 5.39. The van der Waals surface area contributed by atoms with Gasteiger partial charge in [0, 0.05) is 6.07 Å². The molecule has 10 heteroatoms. The average molecular weight is 354 g/mol. The Morgan fingerprint density at radius 2 is 2.09 bits per heavy atom. The highest BCUT2D eigenvalue weighted by molar-refractivity contribution is 7.22. The van der Waals surface area contributed by atoms with Crippen LogP contribution in [0.25, 0.3) is 10.2 Å². The lowest BCUT2D eigenvalue weighted by Crippen LogP contribution is -2.37. The molecule has 0 spiro atoms. The van der Waals surface area contributed by atoms with Gasteiger partial charge in [0.25, 0.3) is 0 Å². The van der Waals surface area contributed by atoms with E-state index in [9.17, 15) is 18.0 Å². The molecule has 0 unspecified atom stereocenters. The Bertz CT molecular complexity index is 715. The number of halogens is 4. The molecule has 5 nitrogen and oxygen atoms in total. The normalized spacial score (nSPS) is 16.0. The van der Waals surface area contributed by atoms with Gasteiger partial charge in [0.2, 0.25) is 5.91 Å². The number of nitrogens with two attached hydrogens (primary N) is 1. The van der Waals surface area contributed by atoms with Crippen molar-refractivity contribution < 1.29 is 22.7 Å². The lowest BCUT2D eigenvalue weighted by molar-refractivity contribution is -0.274. The Labute approximate surface area is 133 Å². The van der Waals surface area contributed by atoms with Crippen LogP contribution < -0.4 is 15.8 Å². The summed E-state index contributed by atoms with van der Waals surface area (Å²) in [6.45, 7) is 0. The zero-order chi connectivity index (χ0) is 15.3. The minimum Gasteiger partial charge on any atom is -0.406 e. The van der Waals surface area contributed by atoms with Crippen molar-refractivity contribution in [3.05, 3.63) is 18.2 Å². The highest BCUT2D eigenvalue weighted by Gasteiger charge is 2.46. The number of ether oxygens (including phenoxy) is 1. The van der Waals surface area contributed by atoms with Crippen molar-refractivity contribution >= 4 is 45.0 Å². The number of hydrogen-bond acceptors (Lipinski definition) is 5. The molecule has 1 heterocycles. The van der Waals surface area contributed by atoms with E-state index >= 15 is 0 Å². The van der Waals surface area contributed by atoms with Gasteiger partial charge in [-0.05, 0) is 25.0 Å². The molecule has 3 rings (SSSR count). The Morgan fingerprint density at radius 1 is 1.41 bits per heavy atom. The van der Waals surface area contributed by atoms with E-state index in [0.717, 1.165) is 11.3 Å². The SMILES string of the molecule is Cl.NC1(C(=O)Nc2nc3ccc(OC(F)(F)F)cc3s2)CC1. The van der Waals surface area contributed by atoms with Crippen LogP contribution in [0.4, 0.5) is 18.3 Å². The zero-order valence-corrected chi connectivity index (χ0v) is 12.6. The number of alkyl halides is 3. The van der Waals surface area contributed by atoms with Crippen LogP contribution in [0.15, 0.2) is 18.2 Å².